The van der Waals surface area contributed by atoms with E-state index in [4.69, 9.17) is 0 Å². The van der Waals surface area contributed by atoms with Crippen LogP contribution < -0.4 is 15.6 Å². The Morgan fingerprint density at radius 3 is 2.28 bits per heavy atom. The number of rotatable bonds is 10. The Labute approximate surface area is 209 Å². The molecule has 0 aliphatic carbocycles. The summed E-state index contributed by atoms with van der Waals surface area (Å²) in [6, 6.07) is 22.0. The molecule has 2 amide bonds. The van der Waals surface area contributed by atoms with Gasteiger partial charge in [0.25, 0.3) is 17.5 Å². The number of anilines is 1. The first kappa shape index (κ1) is 25.8. The molecule has 0 aliphatic heterocycles. The number of hydrogen-bond acceptors (Lipinski definition) is 6. The Balaban J connectivity index is 1.82. The smallest absolute Gasteiger partial charge is 0.287 e. The van der Waals surface area contributed by atoms with Crippen molar-refractivity contribution in [1.82, 2.24) is 10.7 Å². The number of hydrazone groups is 1. The Kier molecular flexibility index (Phi) is 9.05. The van der Waals surface area contributed by atoms with E-state index in [0.29, 0.717) is 16.7 Å². The van der Waals surface area contributed by atoms with Gasteiger partial charge in [0.2, 0.25) is 0 Å². The molecule has 9 heteroatoms. The summed E-state index contributed by atoms with van der Waals surface area (Å²) in [5.74, 6) is -1.09. The maximum Gasteiger partial charge on any atom is 0.287 e. The van der Waals surface area contributed by atoms with Crippen molar-refractivity contribution in [2.45, 2.75) is 13.8 Å². The van der Waals surface area contributed by atoms with E-state index < -0.39 is 16.7 Å². The molecule has 0 unspecified atom stereocenters. The normalized spacial score (nSPS) is 11.2. The van der Waals surface area contributed by atoms with E-state index in [9.17, 15) is 19.7 Å². The zero-order valence-electron chi connectivity index (χ0n) is 20.0. The number of nitro benzene ring substituents is 1. The van der Waals surface area contributed by atoms with E-state index in [2.05, 4.69) is 34.6 Å². The first-order chi connectivity index (χ1) is 17.4. The van der Waals surface area contributed by atoms with Crippen LogP contribution in [-0.4, -0.2) is 36.0 Å². The quantitative estimate of drug-likeness (QED) is 0.191. The van der Waals surface area contributed by atoms with Gasteiger partial charge in [-0.05, 0) is 49.8 Å². The Morgan fingerprint density at radius 1 is 0.944 bits per heavy atom. The Bertz CT molecular complexity index is 1270. The molecular weight excluding hydrogens is 458 g/mol. The molecule has 2 N–H and O–H groups in total. The van der Waals surface area contributed by atoms with Crippen LogP contribution in [0.25, 0.3) is 6.08 Å². The predicted molar refractivity (Wildman–Crippen MR) is 141 cm³/mol. The molecule has 0 aliphatic rings. The van der Waals surface area contributed by atoms with Crippen molar-refractivity contribution in [2.24, 2.45) is 5.10 Å². The summed E-state index contributed by atoms with van der Waals surface area (Å²) in [5.41, 5.74) is 4.89. The highest BCUT2D eigenvalue weighted by molar-refractivity contribution is 6.05. The monoisotopic (exact) mass is 485 g/mol. The molecule has 3 aromatic carbocycles. The van der Waals surface area contributed by atoms with Gasteiger partial charge in [-0.2, -0.15) is 5.10 Å². The third kappa shape index (κ3) is 7.10. The molecule has 0 spiro atoms. The van der Waals surface area contributed by atoms with Crippen molar-refractivity contribution in [1.29, 1.82) is 0 Å². The number of nitrogens with one attached hydrogen (secondary N) is 2. The molecule has 0 heterocycles. The molecule has 184 valence electrons. The summed E-state index contributed by atoms with van der Waals surface area (Å²) in [4.78, 5) is 38.3. The Hall–Kier alpha value is -4.79. The third-order valence-electron chi connectivity index (χ3n) is 5.32. The van der Waals surface area contributed by atoms with Crippen LogP contribution in [0.2, 0.25) is 0 Å². The first-order valence-corrected chi connectivity index (χ1v) is 11.4. The van der Waals surface area contributed by atoms with Gasteiger partial charge in [-0.1, -0.05) is 42.5 Å². The number of hydrogen-bond donors (Lipinski definition) is 2. The van der Waals surface area contributed by atoms with Crippen LogP contribution in [0.1, 0.15) is 35.3 Å². The van der Waals surface area contributed by atoms with Crippen molar-refractivity contribution in [2.75, 3.05) is 18.0 Å². The molecule has 0 saturated carbocycles. The average molecular weight is 486 g/mol. The Morgan fingerprint density at radius 2 is 1.64 bits per heavy atom. The molecular formula is C27H27N5O4. The second kappa shape index (κ2) is 12.6. The number of nitro groups is 1. The number of amides is 2. The number of carbonyl (C=O) groups excluding carboxylic acids is 2. The second-order valence-corrected chi connectivity index (χ2v) is 7.69. The van der Waals surface area contributed by atoms with Crippen LogP contribution in [0.5, 0.6) is 0 Å². The second-order valence-electron chi connectivity index (χ2n) is 7.69. The minimum atomic E-state index is -0.645. The molecule has 9 nitrogen and oxygen atoms in total. The molecule has 0 radical (unpaired) electrons. The number of non-ortho nitro benzene ring substituents is 1. The average Bonchev–Trinajstić information content (AvgIpc) is 2.90. The minimum absolute atomic E-state index is 0.00404. The SMILES string of the molecule is CCN(CC)c1ccc(/C=C(/NC(=O)c2ccccc2)C(=O)NN=Cc2cccc([N+](=O)[O-])c2)cc1. The summed E-state index contributed by atoms with van der Waals surface area (Å²) >= 11 is 0. The maximum atomic E-state index is 12.9. The van der Waals surface area contributed by atoms with Crippen LogP contribution in [0.4, 0.5) is 11.4 Å². The predicted octanol–water partition coefficient (Wildman–Crippen LogP) is 4.36. The molecule has 3 rings (SSSR count). The lowest BCUT2D eigenvalue weighted by Gasteiger charge is -2.20. The van der Waals surface area contributed by atoms with E-state index >= 15 is 0 Å². The summed E-state index contributed by atoms with van der Waals surface area (Å²) in [6.45, 7) is 5.89. The van der Waals surface area contributed by atoms with Gasteiger partial charge in [0.15, 0.2) is 0 Å². The van der Waals surface area contributed by atoms with Crippen LogP contribution in [-0.2, 0) is 4.79 Å². The van der Waals surface area contributed by atoms with E-state index in [1.807, 2.05) is 24.3 Å². The van der Waals surface area contributed by atoms with Crippen LogP contribution in [0.15, 0.2) is 89.7 Å². The molecule has 3 aromatic rings. The van der Waals surface area contributed by atoms with Gasteiger partial charge in [0, 0.05) is 42.0 Å². The lowest BCUT2D eigenvalue weighted by Crippen LogP contribution is -2.32. The summed E-state index contributed by atoms with van der Waals surface area (Å²) in [7, 11) is 0. The van der Waals surface area contributed by atoms with E-state index in [0.717, 1.165) is 18.8 Å². The van der Waals surface area contributed by atoms with E-state index in [-0.39, 0.29) is 11.4 Å². The highest BCUT2D eigenvalue weighted by Crippen LogP contribution is 2.17. The number of benzene rings is 3. The summed E-state index contributed by atoms with van der Waals surface area (Å²) < 4.78 is 0. The molecule has 0 saturated heterocycles. The van der Waals surface area contributed by atoms with Crippen LogP contribution >= 0.6 is 0 Å². The highest BCUT2D eigenvalue weighted by atomic mass is 16.6. The fraction of sp³-hybridized carbons (Fsp3) is 0.148. The first-order valence-electron chi connectivity index (χ1n) is 11.4. The summed E-state index contributed by atoms with van der Waals surface area (Å²) in [6.07, 6.45) is 2.85. The van der Waals surface area contributed by atoms with Crippen LogP contribution in [0, 0.1) is 10.1 Å². The van der Waals surface area contributed by atoms with Gasteiger partial charge < -0.3 is 10.2 Å². The molecule has 0 aromatic heterocycles. The zero-order valence-corrected chi connectivity index (χ0v) is 20.0. The van der Waals surface area contributed by atoms with Gasteiger partial charge in [-0.25, -0.2) is 5.43 Å². The molecule has 0 fully saturated rings. The summed E-state index contributed by atoms with van der Waals surface area (Å²) in [5, 5.41) is 17.5. The standard InChI is InChI=1S/C27H27N5O4/c1-3-31(4-2)23-15-13-20(14-16-23)18-25(29-26(33)22-10-6-5-7-11-22)27(34)30-28-19-21-9-8-12-24(17-21)32(35)36/h5-19H,3-4H2,1-2H3,(H,29,33)(H,30,34)/b25-18+,28-19?. The molecule has 36 heavy (non-hydrogen) atoms. The lowest BCUT2D eigenvalue weighted by molar-refractivity contribution is -0.384. The van der Waals surface area contributed by atoms with Gasteiger partial charge in [-0.15, -0.1) is 0 Å². The fourth-order valence-corrected chi connectivity index (χ4v) is 3.42. The number of nitrogens with zero attached hydrogens (tertiary/aromatic N) is 3. The van der Waals surface area contributed by atoms with Crippen molar-refractivity contribution < 1.29 is 14.5 Å². The van der Waals surface area contributed by atoms with Gasteiger partial charge in [-0.3, -0.25) is 19.7 Å². The highest BCUT2D eigenvalue weighted by Gasteiger charge is 2.14. The van der Waals surface area contributed by atoms with E-state index in [1.165, 1.54) is 24.4 Å². The zero-order chi connectivity index (χ0) is 25.9. The van der Waals surface area contributed by atoms with Crippen molar-refractivity contribution in [3.63, 3.8) is 0 Å². The van der Waals surface area contributed by atoms with Crippen molar-refractivity contribution >= 4 is 35.5 Å². The van der Waals surface area contributed by atoms with Crippen LogP contribution in [0.3, 0.4) is 0 Å². The fourth-order valence-electron chi connectivity index (χ4n) is 3.42. The number of carbonyl (C=O) groups is 2. The lowest BCUT2D eigenvalue weighted by atomic mass is 10.1. The maximum absolute atomic E-state index is 12.9. The third-order valence-corrected chi connectivity index (χ3v) is 5.32. The van der Waals surface area contributed by atoms with Gasteiger partial charge in [0.1, 0.15) is 5.70 Å². The van der Waals surface area contributed by atoms with Gasteiger partial charge >= 0.3 is 0 Å². The minimum Gasteiger partial charge on any atom is -0.372 e. The van der Waals surface area contributed by atoms with Crippen molar-refractivity contribution in [3.05, 3.63) is 111 Å². The van der Waals surface area contributed by atoms with Crippen molar-refractivity contribution in [3.8, 4) is 0 Å². The molecule has 0 bridgehead atoms. The topological polar surface area (TPSA) is 117 Å². The van der Waals surface area contributed by atoms with E-state index in [1.54, 1.807) is 42.5 Å². The molecule has 0 atom stereocenters. The largest absolute Gasteiger partial charge is 0.372 e. The van der Waals surface area contributed by atoms with Gasteiger partial charge in [0.05, 0.1) is 11.1 Å².